The second kappa shape index (κ2) is 7.96. The number of carbonyl (C=O) groups excluding carboxylic acids is 2. The summed E-state index contributed by atoms with van der Waals surface area (Å²) in [5, 5.41) is -0.176. The number of rotatable bonds is 6. The lowest BCUT2D eigenvalue weighted by molar-refractivity contribution is -0.122. The third-order valence-corrected chi connectivity index (χ3v) is 4.15. The van der Waals surface area contributed by atoms with Crippen molar-refractivity contribution in [1.29, 1.82) is 0 Å². The Morgan fingerprint density at radius 1 is 1.18 bits per heavy atom. The molecule has 1 saturated heterocycles. The van der Waals surface area contributed by atoms with Crippen molar-refractivity contribution < 1.29 is 9.59 Å². The summed E-state index contributed by atoms with van der Waals surface area (Å²) in [6.07, 6.45) is 6.45. The molecule has 1 aliphatic heterocycles. The number of benzene rings is 1. The van der Waals surface area contributed by atoms with Crippen molar-refractivity contribution in [3.63, 3.8) is 0 Å². The summed E-state index contributed by atoms with van der Waals surface area (Å²) in [5.74, 6) is -0.176. The van der Waals surface area contributed by atoms with E-state index in [-0.39, 0.29) is 11.1 Å². The number of hydrogen-bond donors (Lipinski definition) is 0. The van der Waals surface area contributed by atoms with Crippen LogP contribution in [0.1, 0.15) is 12.0 Å². The maximum absolute atomic E-state index is 12.2. The van der Waals surface area contributed by atoms with E-state index in [9.17, 15) is 9.59 Å². The molecular formula is C17H20N2O2S. The predicted molar refractivity (Wildman–Crippen MR) is 91.4 cm³/mol. The number of carbonyl (C=O) groups is 2. The molecule has 5 heteroatoms. The number of thioether (sulfide) groups is 1. The first-order valence-electron chi connectivity index (χ1n) is 7.18. The third kappa shape index (κ3) is 4.58. The lowest BCUT2D eigenvalue weighted by Crippen LogP contribution is -2.34. The highest BCUT2D eigenvalue weighted by Gasteiger charge is 2.34. The molecule has 0 spiro atoms. The van der Waals surface area contributed by atoms with Gasteiger partial charge in [-0.3, -0.25) is 14.5 Å². The van der Waals surface area contributed by atoms with E-state index in [1.165, 1.54) is 4.90 Å². The predicted octanol–water partition coefficient (Wildman–Crippen LogP) is 3.23. The van der Waals surface area contributed by atoms with Gasteiger partial charge in [0.2, 0.25) is 0 Å². The Hall–Kier alpha value is -1.85. The number of likely N-dealkylation sites (N-methyl/N-ethyl adjacent to an activating group) is 1. The summed E-state index contributed by atoms with van der Waals surface area (Å²) in [6, 6.07) is 9.98. The van der Waals surface area contributed by atoms with Crippen LogP contribution < -0.4 is 0 Å². The quantitative estimate of drug-likeness (QED) is 0.756. The van der Waals surface area contributed by atoms with Crippen LogP contribution in [0, 0.1) is 0 Å². The van der Waals surface area contributed by atoms with Crippen LogP contribution >= 0.6 is 11.8 Å². The maximum Gasteiger partial charge on any atom is 0.293 e. The van der Waals surface area contributed by atoms with Crippen LogP contribution in [-0.4, -0.2) is 48.1 Å². The second-order valence-corrected chi connectivity index (χ2v) is 6.24. The van der Waals surface area contributed by atoms with Gasteiger partial charge in [-0.15, -0.1) is 0 Å². The van der Waals surface area contributed by atoms with Crippen molar-refractivity contribution in [3.05, 3.63) is 53.0 Å². The molecule has 1 fully saturated rings. The van der Waals surface area contributed by atoms with Crippen LogP contribution in [0.5, 0.6) is 0 Å². The molecule has 0 aromatic heterocycles. The summed E-state index contributed by atoms with van der Waals surface area (Å²) in [4.78, 5) is 27.8. The molecular weight excluding hydrogens is 296 g/mol. The van der Waals surface area contributed by atoms with Gasteiger partial charge in [0.05, 0.1) is 4.91 Å². The van der Waals surface area contributed by atoms with Crippen LogP contribution in [0.4, 0.5) is 4.79 Å². The largest absolute Gasteiger partial charge is 0.308 e. The van der Waals surface area contributed by atoms with Crippen LogP contribution in [-0.2, 0) is 4.79 Å². The monoisotopic (exact) mass is 316 g/mol. The molecule has 1 aromatic carbocycles. The molecule has 116 valence electrons. The zero-order chi connectivity index (χ0) is 15.9. The highest BCUT2D eigenvalue weighted by molar-refractivity contribution is 8.18. The minimum atomic E-state index is -0.176. The van der Waals surface area contributed by atoms with E-state index in [0.29, 0.717) is 24.4 Å². The molecule has 1 aliphatic rings. The normalized spacial score (nSPS) is 17.4. The van der Waals surface area contributed by atoms with Crippen LogP contribution in [0.25, 0.3) is 6.08 Å². The molecule has 4 nitrogen and oxygen atoms in total. The van der Waals surface area contributed by atoms with Gasteiger partial charge in [-0.1, -0.05) is 48.6 Å². The fourth-order valence-electron chi connectivity index (χ4n) is 1.97. The Labute approximate surface area is 135 Å². The second-order valence-electron chi connectivity index (χ2n) is 5.25. The standard InChI is InChI=1S/C17H20N2O2S/c1-18(2)12-13-19-16(20)15(22-17(19)21)11-7-6-10-14-8-4-3-5-9-14/h3-6,8-11H,7,12-13H2,1-2H3/b10-6+,15-11-. The molecule has 0 bridgehead atoms. The number of amides is 2. The molecule has 2 rings (SSSR count). The molecule has 0 N–H and O–H groups in total. The van der Waals surface area contributed by atoms with E-state index in [4.69, 9.17) is 0 Å². The van der Waals surface area contributed by atoms with Gasteiger partial charge in [0.1, 0.15) is 0 Å². The lowest BCUT2D eigenvalue weighted by atomic mass is 10.2. The van der Waals surface area contributed by atoms with Gasteiger partial charge in [0.15, 0.2) is 0 Å². The van der Waals surface area contributed by atoms with Gasteiger partial charge in [-0.2, -0.15) is 0 Å². The van der Waals surface area contributed by atoms with E-state index in [1.807, 2.05) is 67.6 Å². The Kier molecular flexibility index (Phi) is 5.98. The van der Waals surface area contributed by atoms with Crippen LogP contribution in [0.3, 0.4) is 0 Å². The zero-order valence-electron chi connectivity index (χ0n) is 12.9. The summed E-state index contributed by atoms with van der Waals surface area (Å²) >= 11 is 1.03. The summed E-state index contributed by atoms with van der Waals surface area (Å²) < 4.78 is 0. The average Bonchev–Trinajstić information content (AvgIpc) is 2.77. The Bertz CT molecular complexity index is 594. The first-order chi connectivity index (χ1) is 10.6. The molecule has 0 saturated carbocycles. The molecule has 0 atom stereocenters. The molecule has 22 heavy (non-hydrogen) atoms. The summed E-state index contributed by atoms with van der Waals surface area (Å²) in [5.41, 5.74) is 1.12. The molecule has 0 aliphatic carbocycles. The van der Waals surface area contributed by atoms with Gasteiger partial charge >= 0.3 is 0 Å². The average molecular weight is 316 g/mol. The number of imide groups is 1. The van der Waals surface area contributed by atoms with Gasteiger partial charge in [0.25, 0.3) is 11.1 Å². The van der Waals surface area contributed by atoms with Gasteiger partial charge in [-0.05, 0) is 37.8 Å². The van der Waals surface area contributed by atoms with Gasteiger partial charge in [0, 0.05) is 13.1 Å². The first-order valence-corrected chi connectivity index (χ1v) is 7.99. The molecule has 0 unspecified atom stereocenters. The Morgan fingerprint density at radius 2 is 1.91 bits per heavy atom. The van der Waals surface area contributed by atoms with Crippen molar-refractivity contribution in [2.45, 2.75) is 6.42 Å². The fourth-order valence-corrected chi connectivity index (χ4v) is 2.82. The number of hydrogen-bond acceptors (Lipinski definition) is 4. The van der Waals surface area contributed by atoms with Crippen molar-refractivity contribution in [1.82, 2.24) is 9.80 Å². The Balaban J connectivity index is 1.91. The van der Waals surface area contributed by atoms with Crippen LogP contribution in [0.2, 0.25) is 0 Å². The number of nitrogens with zero attached hydrogens (tertiary/aromatic N) is 2. The smallest absolute Gasteiger partial charge is 0.293 e. The van der Waals surface area contributed by atoms with Gasteiger partial charge in [-0.25, -0.2) is 0 Å². The number of allylic oxidation sites excluding steroid dienone is 2. The van der Waals surface area contributed by atoms with E-state index < -0.39 is 0 Å². The lowest BCUT2D eigenvalue weighted by Gasteiger charge is -2.15. The van der Waals surface area contributed by atoms with E-state index >= 15 is 0 Å². The van der Waals surface area contributed by atoms with E-state index in [2.05, 4.69) is 0 Å². The summed E-state index contributed by atoms with van der Waals surface area (Å²) in [6.45, 7) is 1.12. The van der Waals surface area contributed by atoms with Crippen molar-refractivity contribution in [2.24, 2.45) is 0 Å². The van der Waals surface area contributed by atoms with Gasteiger partial charge < -0.3 is 4.90 Å². The minimum Gasteiger partial charge on any atom is -0.308 e. The van der Waals surface area contributed by atoms with Crippen molar-refractivity contribution in [2.75, 3.05) is 27.2 Å². The highest BCUT2D eigenvalue weighted by Crippen LogP contribution is 2.30. The summed E-state index contributed by atoms with van der Waals surface area (Å²) in [7, 11) is 3.84. The van der Waals surface area contributed by atoms with Crippen molar-refractivity contribution >= 4 is 29.0 Å². The van der Waals surface area contributed by atoms with Crippen LogP contribution in [0.15, 0.2) is 47.4 Å². The Morgan fingerprint density at radius 3 is 2.59 bits per heavy atom. The molecule has 2 amide bonds. The van der Waals surface area contributed by atoms with Crippen molar-refractivity contribution in [3.8, 4) is 0 Å². The third-order valence-electron chi connectivity index (χ3n) is 3.19. The van der Waals surface area contributed by atoms with E-state index in [0.717, 1.165) is 17.3 Å². The zero-order valence-corrected chi connectivity index (χ0v) is 13.7. The molecule has 1 aromatic rings. The fraction of sp³-hybridized carbons (Fsp3) is 0.294. The first kappa shape index (κ1) is 16.5. The maximum atomic E-state index is 12.2. The topological polar surface area (TPSA) is 40.6 Å². The SMILES string of the molecule is CN(C)CCN1C(=O)S/C(=C\C/C=C/c2ccccc2)C1=O. The molecule has 1 heterocycles. The van der Waals surface area contributed by atoms with E-state index in [1.54, 1.807) is 0 Å². The highest BCUT2D eigenvalue weighted by atomic mass is 32.2. The molecule has 0 radical (unpaired) electrons. The minimum absolute atomic E-state index is 0.176.